The molecule has 2 aromatic carbocycles. The summed E-state index contributed by atoms with van der Waals surface area (Å²) >= 11 is 12.1. The van der Waals surface area contributed by atoms with Crippen molar-refractivity contribution >= 4 is 23.2 Å². The van der Waals surface area contributed by atoms with Gasteiger partial charge in [-0.25, -0.2) is 9.97 Å². The molecule has 0 aliphatic heterocycles. The summed E-state index contributed by atoms with van der Waals surface area (Å²) in [6.07, 6.45) is 3.95. The standard InChI is InChI=1S/C18H12Cl2N2/c19-15-8-7-12(9-16(15)20)18-21-10-13-6-5-11-3-1-2-4-14(11)17(13)22-18/h1-4,7-10H,5-6H2. The predicted octanol–water partition coefficient (Wildman–Crippen LogP) is 5.22. The molecule has 0 N–H and O–H groups in total. The first kappa shape index (κ1) is 13.7. The highest BCUT2D eigenvalue weighted by Crippen LogP contribution is 2.33. The molecule has 4 rings (SSSR count). The number of aromatic nitrogens is 2. The van der Waals surface area contributed by atoms with Gasteiger partial charge in [-0.05, 0) is 42.2 Å². The molecule has 22 heavy (non-hydrogen) atoms. The molecule has 0 atom stereocenters. The lowest BCUT2D eigenvalue weighted by molar-refractivity contribution is 0.912. The molecule has 0 spiro atoms. The monoisotopic (exact) mass is 326 g/mol. The van der Waals surface area contributed by atoms with Crippen LogP contribution < -0.4 is 0 Å². The molecule has 3 aromatic rings. The Morgan fingerprint density at radius 2 is 1.68 bits per heavy atom. The van der Waals surface area contributed by atoms with Crippen LogP contribution in [0.4, 0.5) is 0 Å². The maximum Gasteiger partial charge on any atom is 0.159 e. The lowest BCUT2D eigenvalue weighted by Crippen LogP contribution is -2.07. The molecular formula is C18H12Cl2N2. The molecule has 0 bridgehead atoms. The molecule has 1 aliphatic carbocycles. The summed E-state index contributed by atoms with van der Waals surface area (Å²) in [5.74, 6) is 0.675. The number of rotatable bonds is 1. The van der Waals surface area contributed by atoms with Gasteiger partial charge < -0.3 is 0 Å². The van der Waals surface area contributed by atoms with E-state index in [1.807, 2.05) is 12.3 Å². The van der Waals surface area contributed by atoms with Crippen molar-refractivity contribution in [3.05, 3.63) is 69.8 Å². The SMILES string of the molecule is Clc1ccc(-c2ncc3c(n2)-c2ccccc2CC3)cc1Cl. The molecule has 0 amide bonds. The van der Waals surface area contributed by atoms with Crippen LogP contribution in [0.1, 0.15) is 11.1 Å². The lowest BCUT2D eigenvalue weighted by Gasteiger charge is -2.18. The quantitative estimate of drug-likeness (QED) is 0.613. The molecule has 2 nitrogen and oxygen atoms in total. The Bertz CT molecular complexity index is 875. The van der Waals surface area contributed by atoms with Crippen LogP contribution in [0.2, 0.25) is 10.0 Å². The van der Waals surface area contributed by atoms with E-state index in [-0.39, 0.29) is 0 Å². The van der Waals surface area contributed by atoms with Gasteiger partial charge in [0.2, 0.25) is 0 Å². The third-order valence-corrected chi connectivity index (χ3v) is 4.72. The largest absolute Gasteiger partial charge is 0.236 e. The summed E-state index contributed by atoms with van der Waals surface area (Å²) in [7, 11) is 0. The number of hydrogen-bond donors (Lipinski definition) is 0. The van der Waals surface area contributed by atoms with Gasteiger partial charge in [-0.1, -0.05) is 47.5 Å². The summed E-state index contributed by atoms with van der Waals surface area (Å²) in [5, 5.41) is 1.05. The van der Waals surface area contributed by atoms with Crippen molar-refractivity contribution in [3.63, 3.8) is 0 Å². The average molecular weight is 327 g/mol. The molecule has 1 aromatic heterocycles. The molecule has 108 valence electrons. The van der Waals surface area contributed by atoms with Crippen LogP contribution in [0.25, 0.3) is 22.6 Å². The third-order valence-electron chi connectivity index (χ3n) is 3.98. The number of fused-ring (bicyclic) bond motifs is 3. The Labute approximate surface area is 138 Å². The van der Waals surface area contributed by atoms with Gasteiger partial charge in [0.05, 0.1) is 15.7 Å². The van der Waals surface area contributed by atoms with Crippen LogP contribution in [-0.4, -0.2) is 9.97 Å². The van der Waals surface area contributed by atoms with Gasteiger partial charge in [0, 0.05) is 17.3 Å². The highest BCUT2D eigenvalue weighted by atomic mass is 35.5. The van der Waals surface area contributed by atoms with E-state index in [1.54, 1.807) is 12.1 Å². The van der Waals surface area contributed by atoms with E-state index in [0.29, 0.717) is 15.9 Å². The normalized spacial score (nSPS) is 12.6. The van der Waals surface area contributed by atoms with E-state index in [0.717, 1.165) is 24.1 Å². The van der Waals surface area contributed by atoms with Crippen LogP contribution in [0.15, 0.2) is 48.7 Å². The van der Waals surface area contributed by atoms with Gasteiger partial charge in [-0.3, -0.25) is 0 Å². The van der Waals surface area contributed by atoms with Crippen LogP contribution in [0, 0.1) is 0 Å². The number of aryl methyl sites for hydroxylation is 2. The first-order valence-electron chi connectivity index (χ1n) is 7.12. The van der Waals surface area contributed by atoms with Crippen LogP contribution in [0.3, 0.4) is 0 Å². The second-order valence-corrected chi connectivity index (χ2v) is 6.17. The second-order valence-electron chi connectivity index (χ2n) is 5.35. The summed E-state index contributed by atoms with van der Waals surface area (Å²) in [5.41, 5.74) is 5.64. The minimum Gasteiger partial charge on any atom is -0.236 e. The van der Waals surface area contributed by atoms with E-state index in [1.165, 1.54) is 16.7 Å². The molecule has 0 unspecified atom stereocenters. The maximum absolute atomic E-state index is 6.10. The molecule has 4 heteroatoms. The molecule has 0 saturated heterocycles. The van der Waals surface area contributed by atoms with Gasteiger partial charge in [-0.15, -0.1) is 0 Å². The third kappa shape index (κ3) is 2.29. The molecule has 0 saturated carbocycles. The van der Waals surface area contributed by atoms with E-state index >= 15 is 0 Å². The summed E-state index contributed by atoms with van der Waals surface area (Å²) in [4.78, 5) is 9.28. The van der Waals surface area contributed by atoms with E-state index in [9.17, 15) is 0 Å². The number of halogens is 2. The zero-order valence-corrected chi connectivity index (χ0v) is 13.2. The molecule has 0 radical (unpaired) electrons. The van der Waals surface area contributed by atoms with Gasteiger partial charge in [0.15, 0.2) is 5.82 Å². The highest BCUT2D eigenvalue weighted by Gasteiger charge is 2.18. The Kier molecular flexibility index (Phi) is 3.36. The molecule has 1 heterocycles. The van der Waals surface area contributed by atoms with E-state index in [4.69, 9.17) is 28.2 Å². The number of nitrogens with zero attached hydrogens (tertiary/aromatic N) is 2. The first-order valence-corrected chi connectivity index (χ1v) is 7.87. The van der Waals surface area contributed by atoms with Crippen LogP contribution in [-0.2, 0) is 12.8 Å². The van der Waals surface area contributed by atoms with Crippen molar-refractivity contribution in [2.75, 3.05) is 0 Å². The Hall–Kier alpha value is -1.90. The summed E-state index contributed by atoms with van der Waals surface area (Å²) < 4.78 is 0. The molecule has 1 aliphatic rings. The minimum atomic E-state index is 0.515. The molecule has 0 fully saturated rings. The van der Waals surface area contributed by atoms with Gasteiger partial charge in [0.1, 0.15) is 0 Å². The molecular weight excluding hydrogens is 315 g/mol. The topological polar surface area (TPSA) is 25.8 Å². The van der Waals surface area contributed by atoms with Crippen LogP contribution in [0.5, 0.6) is 0 Å². The lowest BCUT2D eigenvalue weighted by atomic mass is 9.90. The Morgan fingerprint density at radius 3 is 2.55 bits per heavy atom. The fourth-order valence-corrected chi connectivity index (χ4v) is 3.13. The van der Waals surface area contributed by atoms with Gasteiger partial charge in [0.25, 0.3) is 0 Å². The number of hydrogen-bond acceptors (Lipinski definition) is 2. The minimum absolute atomic E-state index is 0.515. The van der Waals surface area contributed by atoms with E-state index in [2.05, 4.69) is 29.2 Å². The zero-order valence-electron chi connectivity index (χ0n) is 11.7. The predicted molar refractivity (Wildman–Crippen MR) is 90.3 cm³/mol. The highest BCUT2D eigenvalue weighted by molar-refractivity contribution is 6.42. The van der Waals surface area contributed by atoms with Gasteiger partial charge in [-0.2, -0.15) is 0 Å². The van der Waals surface area contributed by atoms with Crippen molar-refractivity contribution in [3.8, 4) is 22.6 Å². The number of benzene rings is 2. The van der Waals surface area contributed by atoms with E-state index < -0.39 is 0 Å². The second kappa shape index (κ2) is 5.38. The maximum atomic E-state index is 6.10. The zero-order chi connectivity index (χ0) is 15.1. The first-order chi connectivity index (χ1) is 10.7. The Morgan fingerprint density at radius 1 is 0.864 bits per heavy atom. The van der Waals surface area contributed by atoms with Crippen molar-refractivity contribution < 1.29 is 0 Å². The smallest absolute Gasteiger partial charge is 0.159 e. The summed E-state index contributed by atoms with van der Waals surface area (Å²) in [6, 6.07) is 13.9. The fraction of sp³-hybridized carbons (Fsp3) is 0.111. The van der Waals surface area contributed by atoms with Gasteiger partial charge >= 0.3 is 0 Å². The van der Waals surface area contributed by atoms with Crippen LogP contribution >= 0.6 is 23.2 Å². The average Bonchev–Trinajstić information content (AvgIpc) is 2.57. The summed E-state index contributed by atoms with van der Waals surface area (Å²) in [6.45, 7) is 0. The van der Waals surface area contributed by atoms with Crippen molar-refractivity contribution in [1.29, 1.82) is 0 Å². The fourth-order valence-electron chi connectivity index (χ4n) is 2.84. The van der Waals surface area contributed by atoms with Crippen molar-refractivity contribution in [1.82, 2.24) is 9.97 Å². The Balaban J connectivity index is 1.87. The van der Waals surface area contributed by atoms with Crippen molar-refractivity contribution in [2.45, 2.75) is 12.8 Å². The van der Waals surface area contributed by atoms with Crippen molar-refractivity contribution in [2.24, 2.45) is 0 Å².